The highest BCUT2D eigenvalue weighted by Crippen LogP contribution is 2.28. The number of carbonyl (C=O) groups excluding carboxylic acids is 1. The largest absolute Gasteiger partial charge is 0.444 e. The molecule has 1 amide bonds. The summed E-state index contributed by atoms with van der Waals surface area (Å²) in [5, 5.41) is 3.80. The number of rotatable bonds is 5. The minimum atomic E-state index is -0.417. The Hall–Kier alpha value is -0.770. The van der Waals surface area contributed by atoms with Crippen LogP contribution in [0.25, 0.3) is 0 Å². The van der Waals surface area contributed by atoms with Crippen molar-refractivity contribution >= 4 is 6.09 Å². The summed E-state index contributed by atoms with van der Waals surface area (Å²) < 4.78 is 5.62. The second-order valence-corrected chi connectivity index (χ2v) is 8.96. The summed E-state index contributed by atoms with van der Waals surface area (Å²) in [4.78, 5) is 14.5. The molecule has 4 heteroatoms. The van der Waals surface area contributed by atoms with E-state index in [1.165, 1.54) is 32.1 Å². The van der Waals surface area contributed by atoms with Crippen molar-refractivity contribution in [2.24, 2.45) is 5.92 Å². The van der Waals surface area contributed by atoms with Crippen LogP contribution in [0.2, 0.25) is 0 Å². The lowest BCUT2D eigenvalue weighted by Crippen LogP contribution is -2.49. The van der Waals surface area contributed by atoms with Gasteiger partial charge in [-0.2, -0.15) is 0 Å². The normalized spacial score (nSPS) is 25.5. The number of hydrogen-bond acceptors (Lipinski definition) is 3. The first-order valence-electron chi connectivity index (χ1n) is 10.0. The van der Waals surface area contributed by atoms with E-state index >= 15 is 0 Å². The average Bonchev–Trinajstić information content (AvgIpc) is 3.00. The van der Waals surface area contributed by atoms with Crippen LogP contribution in [0.15, 0.2) is 0 Å². The van der Waals surface area contributed by atoms with E-state index in [0.29, 0.717) is 18.1 Å². The fraction of sp³-hybridized carbons (Fsp3) is 0.950. The van der Waals surface area contributed by atoms with Crippen LogP contribution in [0.4, 0.5) is 4.79 Å². The van der Waals surface area contributed by atoms with E-state index in [1.807, 2.05) is 25.7 Å². The molecule has 3 atom stereocenters. The Labute approximate surface area is 148 Å². The van der Waals surface area contributed by atoms with Crippen molar-refractivity contribution in [2.75, 3.05) is 6.54 Å². The highest BCUT2D eigenvalue weighted by Gasteiger charge is 2.32. The van der Waals surface area contributed by atoms with Crippen molar-refractivity contribution < 1.29 is 9.53 Å². The van der Waals surface area contributed by atoms with E-state index in [1.54, 1.807) is 0 Å². The van der Waals surface area contributed by atoms with Crippen molar-refractivity contribution in [3.63, 3.8) is 0 Å². The molecule has 2 rings (SSSR count). The number of amides is 1. The zero-order valence-electron chi connectivity index (χ0n) is 16.4. The summed E-state index contributed by atoms with van der Waals surface area (Å²) in [6.45, 7) is 11.3. The summed E-state index contributed by atoms with van der Waals surface area (Å²) in [6, 6.07) is 1.33. The molecule has 0 aromatic heterocycles. The molecule has 0 aromatic carbocycles. The van der Waals surface area contributed by atoms with E-state index < -0.39 is 5.60 Å². The van der Waals surface area contributed by atoms with Crippen LogP contribution in [-0.4, -0.2) is 41.3 Å². The predicted octanol–water partition coefficient (Wildman–Crippen LogP) is 4.72. The van der Waals surface area contributed by atoms with Gasteiger partial charge in [0.1, 0.15) is 5.60 Å². The van der Waals surface area contributed by atoms with Gasteiger partial charge in [0.15, 0.2) is 0 Å². The number of ether oxygens (including phenoxy) is 1. The highest BCUT2D eigenvalue weighted by atomic mass is 16.6. The van der Waals surface area contributed by atoms with Gasteiger partial charge in [-0.25, -0.2) is 4.79 Å². The van der Waals surface area contributed by atoms with Gasteiger partial charge in [0.05, 0.1) is 0 Å². The number of piperidine rings is 1. The Kier molecular flexibility index (Phi) is 6.97. The van der Waals surface area contributed by atoms with Crippen LogP contribution in [0.5, 0.6) is 0 Å². The Bertz CT molecular complexity index is 399. The summed E-state index contributed by atoms with van der Waals surface area (Å²) in [6.07, 6.45) is 9.82. The fourth-order valence-electron chi connectivity index (χ4n) is 4.32. The Morgan fingerprint density at radius 3 is 2.38 bits per heavy atom. The molecule has 0 spiro atoms. The SMILES string of the molecule is CC(CC1CCCCN1C(=O)OC(C)(C)C)N[C@@H](C)C1CCCC1. The van der Waals surface area contributed by atoms with Crippen molar-refractivity contribution in [3.8, 4) is 0 Å². The molecule has 1 heterocycles. The van der Waals surface area contributed by atoms with Gasteiger partial charge in [0, 0.05) is 24.7 Å². The van der Waals surface area contributed by atoms with E-state index in [4.69, 9.17) is 4.74 Å². The molecule has 1 aliphatic carbocycles. The number of hydrogen-bond donors (Lipinski definition) is 1. The first-order chi connectivity index (χ1) is 11.3. The summed E-state index contributed by atoms with van der Waals surface area (Å²) >= 11 is 0. The number of nitrogens with one attached hydrogen (secondary N) is 1. The van der Waals surface area contributed by atoms with E-state index in [2.05, 4.69) is 19.2 Å². The van der Waals surface area contributed by atoms with Crippen molar-refractivity contribution in [1.82, 2.24) is 10.2 Å². The molecule has 4 nitrogen and oxygen atoms in total. The zero-order chi connectivity index (χ0) is 17.7. The molecule has 2 fully saturated rings. The Morgan fingerprint density at radius 2 is 1.75 bits per heavy atom. The third kappa shape index (κ3) is 5.94. The third-order valence-electron chi connectivity index (χ3n) is 5.54. The van der Waals surface area contributed by atoms with Gasteiger partial charge >= 0.3 is 6.09 Å². The van der Waals surface area contributed by atoms with Crippen molar-refractivity contribution in [3.05, 3.63) is 0 Å². The van der Waals surface area contributed by atoms with Gasteiger partial charge < -0.3 is 15.0 Å². The molecule has 0 radical (unpaired) electrons. The standard InChI is InChI=1S/C20H38N2O2/c1-15(21-16(2)17-10-6-7-11-17)14-18-12-8-9-13-22(18)19(23)24-20(3,4)5/h15-18,21H,6-14H2,1-5H3/t15?,16-,18?/m0/s1. The molecule has 0 aromatic rings. The molecule has 1 N–H and O–H groups in total. The lowest BCUT2D eigenvalue weighted by molar-refractivity contribution is 0.00772. The van der Waals surface area contributed by atoms with Crippen molar-refractivity contribution in [1.29, 1.82) is 0 Å². The predicted molar refractivity (Wildman–Crippen MR) is 99.2 cm³/mol. The molecule has 140 valence electrons. The lowest BCUT2D eigenvalue weighted by Gasteiger charge is -2.38. The summed E-state index contributed by atoms with van der Waals surface area (Å²) in [5.41, 5.74) is -0.417. The van der Waals surface area contributed by atoms with Crippen LogP contribution in [-0.2, 0) is 4.74 Å². The van der Waals surface area contributed by atoms with Crippen LogP contribution in [0.1, 0.15) is 86.0 Å². The van der Waals surface area contributed by atoms with Gasteiger partial charge in [-0.1, -0.05) is 12.8 Å². The molecule has 1 saturated heterocycles. The quantitative estimate of drug-likeness (QED) is 0.788. The lowest BCUT2D eigenvalue weighted by atomic mass is 9.94. The first-order valence-corrected chi connectivity index (χ1v) is 10.0. The summed E-state index contributed by atoms with van der Waals surface area (Å²) in [7, 11) is 0. The maximum atomic E-state index is 12.5. The molecule has 1 saturated carbocycles. The number of carbonyl (C=O) groups is 1. The number of nitrogens with zero attached hydrogens (tertiary/aromatic N) is 1. The van der Waals surface area contributed by atoms with Crippen LogP contribution in [0, 0.1) is 5.92 Å². The second kappa shape index (κ2) is 8.55. The van der Waals surface area contributed by atoms with Crippen LogP contribution in [0.3, 0.4) is 0 Å². The Morgan fingerprint density at radius 1 is 1.12 bits per heavy atom. The van der Waals surface area contributed by atoms with E-state index in [9.17, 15) is 4.79 Å². The molecule has 24 heavy (non-hydrogen) atoms. The molecule has 1 aliphatic heterocycles. The maximum absolute atomic E-state index is 12.5. The van der Waals surface area contributed by atoms with Crippen LogP contribution < -0.4 is 5.32 Å². The molecule has 2 unspecified atom stereocenters. The van der Waals surface area contributed by atoms with Gasteiger partial charge in [0.2, 0.25) is 0 Å². The van der Waals surface area contributed by atoms with Gasteiger partial charge in [-0.3, -0.25) is 0 Å². The minimum absolute atomic E-state index is 0.136. The number of likely N-dealkylation sites (tertiary alicyclic amines) is 1. The minimum Gasteiger partial charge on any atom is -0.444 e. The first kappa shape index (κ1) is 19.6. The topological polar surface area (TPSA) is 41.6 Å². The van der Waals surface area contributed by atoms with Crippen molar-refractivity contribution in [2.45, 2.75) is 110 Å². The molecular weight excluding hydrogens is 300 g/mol. The Balaban J connectivity index is 1.86. The van der Waals surface area contributed by atoms with Crippen LogP contribution >= 0.6 is 0 Å². The van der Waals surface area contributed by atoms with E-state index in [0.717, 1.165) is 31.7 Å². The van der Waals surface area contributed by atoms with Gasteiger partial charge in [-0.05, 0) is 79.1 Å². The monoisotopic (exact) mass is 338 g/mol. The summed E-state index contributed by atoms with van der Waals surface area (Å²) in [5.74, 6) is 0.834. The molecule has 0 bridgehead atoms. The molecule has 2 aliphatic rings. The average molecular weight is 339 g/mol. The zero-order valence-corrected chi connectivity index (χ0v) is 16.4. The second-order valence-electron chi connectivity index (χ2n) is 8.96. The maximum Gasteiger partial charge on any atom is 0.410 e. The van der Waals surface area contributed by atoms with Gasteiger partial charge in [0.25, 0.3) is 0 Å². The van der Waals surface area contributed by atoms with E-state index in [-0.39, 0.29) is 6.09 Å². The fourth-order valence-corrected chi connectivity index (χ4v) is 4.32. The third-order valence-corrected chi connectivity index (χ3v) is 5.54. The highest BCUT2D eigenvalue weighted by molar-refractivity contribution is 5.68. The molecular formula is C20H38N2O2. The smallest absolute Gasteiger partial charge is 0.410 e. The van der Waals surface area contributed by atoms with Gasteiger partial charge in [-0.15, -0.1) is 0 Å².